The number of methoxy groups -OCH3 is 1. The molecule has 1 aliphatic rings. The van der Waals surface area contributed by atoms with Crippen LogP contribution in [0.25, 0.3) is 5.76 Å². The first kappa shape index (κ1) is 20.5. The van der Waals surface area contributed by atoms with Gasteiger partial charge in [-0.2, -0.15) is 0 Å². The van der Waals surface area contributed by atoms with Crippen LogP contribution in [-0.4, -0.2) is 40.3 Å². The summed E-state index contributed by atoms with van der Waals surface area (Å²) in [6, 6.07) is 7.95. The highest BCUT2D eigenvalue weighted by Gasteiger charge is 2.46. The number of aromatic nitrogens is 1. The monoisotopic (exact) mass is 398 g/mol. The van der Waals surface area contributed by atoms with E-state index in [9.17, 15) is 19.1 Å². The van der Waals surface area contributed by atoms with Crippen LogP contribution in [-0.2, 0) is 9.59 Å². The molecule has 0 aliphatic carbocycles. The van der Waals surface area contributed by atoms with E-state index in [-0.39, 0.29) is 16.9 Å². The number of hydrogen-bond donors (Lipinski definition) is 1. The highest BCUT2D eigenvalue weighted by molar-refractivity contribution is 6.46. The van der Waals surface area contributed by atoms with Crippen molar-refractivity contribution in [1.29, 1.82) is 0 Å². The van der Waals surface area contributed by atoms with Gasteiger partial charge in [0.2, 0.25) is 0 Å². The van der Waals surface area contributed by atoms with Crippen LogP contribution < -0.4 is 4.74 Å². The van der Waals surface area contributed by atoms with Crippen LogP contribution in [0.5, 0.6) is 5.75 Å². The Balaban J connectivity index is 2.16. The van der Waals surface area contributed by atoms with Gasteiger partial charge in [-0.15, -0.1) is 0 Å². The molecule has 1 aromatic carbocycles. The summed E-state index contributed by atoms with van der Waals surface area (Å²) in [6.07, 6.45) is 4.13. The molecule has 0 radical (unpaired) electrons. The van der Waals surface area contributed by atoms with E-state index < -0.39 is 29.3 Å². The summed E-state index contributed by atoms with van der Waals surface area (Å²) < 4.78 is 19.0. The predicted molar refractivity (Wildman–Crippen MR) is 106 cm³/mol. The van der Waals surface area contributed by atoms with E-state index in [0.717, 1.165) is 25.3 Å². The third-order valence-corrected chi connectivity index (χ3v) is 4.93. The van der Waals surface area contributed by atoms with Crippen LogP contribution in [0.3, 0.4) is 0 Å². The number of likely N-dealkylation sites (tertiary alicyclic amines) is 1. The number of carbonyl (C=O) groups excluding carboxylic acids is 2. The number of unbranched alkanes of at least 4 members (excludes halogenated alkanes) is 2. The van der Waals surface area contributed by atoms with E-state index in [1.807, 2.05) is 6.92 Å². The van der Waals surface area contributed by atoms with Crippen molar-refractivity contribution in [3.05, 3.63) is 65.2 Å². The highest BCUT2D eigenvalue weighted by Crippen LogP contribution is 2.40. The average Bonchev–Trinajstić information content (AvgIpc) is 2.99. The van der Waals surface area contributed by atoms with Gasteiger partial charge in [0.05, 0.1) is 23.9 Å². The van der Waals surface area contributed by atoms with Crippen molar-refractivity contribution >= 4 is 17.4 Å². The molecule has 0 bridgehead atoms. The van der Waals surface area contributed by atoms with E-state index in [1.165, 1.54) is 24.1 Å². The van der Waals surface area contributed by atoms with E-state index in [0.29, 0.717) is 12.2 Å². The quantitative estimate of drug-likeness (QED) is 0.332. The fourth-order valence-corrected chi connectivity index (χ4v) is 3.50. The lowest BCUT2D eigenvalue weighted by Gasteiger charge is -2.24. The van der Waals surface area contributed by atoms with Gasteiger partial charge in [-0.25, -0.2) is 4.39 Å². The maximum absolute atomic E-state index is 13.8. The second kappa shape index (κ2) is 8.86. The van der Waals surface area contributed by atoms with Gasteiger partial charge in [-0.1, -0.05) is 25.8 Å². The van der Waals surface area contributed by atoms with Gasteiger partial charge in [0.25, 0.3) is 11.7 Å². The molecule has 3 rings (SSSR count). The molecule has 2 heterocycles. The topological polar surface area (TPSA) is 79.7 Å². The minimum absolute atomic E-state index is 0.0139. The van der Waals surface area contributed by atoms with Crippen LogP contribution in [0.15, 0.2) is 48.2 Å². The molecule has 2 aromatic rings. The van der Waals surface area contributed by atoms with Crippen molar-refractivity contribution in [1.82, 2.24) is 9.88 Å². The lowest BCUT2D eigenvalue weighted by molar-refractivity contribution is -0.140. The Hall–Kier alpha value is -3.22. The minimum atomic E-state index is -0.846. The summed E-state index contributed by atoms with van der Waals surface area (Å²) in [7, 11) is 1.38. The average molecular weight is 398 g/mol. The van der Waals surface area contributed by atoms with E-state index in [1.54, 1.807) is 24.4 Å². The second-order valence-corrected chi connectivity index (χ2v) is 6.80. The number of carbonyl (C=O) groups is 2. The Bertz CT molecular complexity index is 943. The molecule has 7 heteroatoms. The third kappa shape index (κ3) is 3.99. The normalized spacial score (nSPS) is 18.3. The van der Waals surface area contributed by atoms with Crippen LogP contribution in [0.2, 0.25) is 0 Å². The lowest BCUT2D eigenvalue weighted by atomic mass is 9.97. The summed E-state index contributed by atoms with van der Waals surface area (Å²) in [4.78, 5) is 31.3. The van der Waals surface area contributed by atoms with Crippen molar-refractivity contribution in [2.45, 2.75) is 32.2 Å². The van der Waals surface area contributed by atoms with Gasteiger partial charge >= 0.3 is 0 Å². The molecular formula is C22H23FN2O4. The van der Waals surface area contributed by atoms with E-state index >= 15 is 0 Å². The number of aliphatic hydroxyl groups is 1. The molecule has 29 heavy (non-hydrogen) atoms. The zero-order valence-electron chi connectivity index (χ0n) is 16.4. The summed E-state index contributed by atoms with van der Waals surface area (Å²) >= 11 is 0. The van der Waals surface area contributed by atoms with Gasteiger partial charge in [0.15, 0.2) is 0 Å². The number of pyridine rings is 1. The summed E-state index contributed by atoms with van der Waals surface area (Å²) in [6.45, 7) is 2.40. The van der Waals surface area contributed by atoms with E-state index in [4.69, 9.17) is 4.74 Å². The molecule has 0 saturated carbocycles. The molecule has 6 nitrogen and oxygen atoms in total. The van der Waals surface area contributed by atoms with Crippen molar-refractivity contribution in [3.63, 3.8) is 0 Å². The number of ketones is 1. The van der Waals surface area contributed by atoms with Gasteiger partial charge in [0.1, 0.15) is 23.4 Å². The fourth-order valence-electron chi connectivity index (χ4n) is 3.50. The molecule has 1 fully saturated rings. The smallest absolute Gasteiger partial charge is 0.295 e. The Kier molecular flexibility index (Phi) is 6.26. The number of halogens is 1. The predicted octanol–water partition coefficient (Wildman–Crippen LogP) is 3.84. The number of hydrogen-bond acceptors (Lipinski definition) is 5. The molecule has 152 valence electrons. The molecule has 1 aromatic heterocycles. The van der Waals surface area contributed by atoms with Gasteiger partial charge in [-0.3, -0.25) is 14.6 Å². The number of Topliss-reactive ketones (excluding diaryl/α,β-unsaturated/α-hetero) is 1. The minimum Gasteiger partial charge on any atom is -0.507 e. The number of aliphatic hydroxyl groups excluding tert-OH is 1. The van der Waals surface area contributed by atoms with Crippen molar-refractivity contribution in [2.75, 3.05) is 13.7 Å². The van der Waals surface area contributed by atoms with Crippen LogP contribution >= 0.6 is 0 Å². The van der Waals surface area contributed by atoms with Crippen molar-refractivity contribution in [2.24, 2.45) is 0 Å². The number of amides is 1. The SMILES string of the molecule is CCCCCN1C(=O)C(=O)/C(=C(/O)c2cc(F)ccc2OC)C1c1ccccn1. The number of nitrogens with zero attached hydrogens (tertiary/aromatic N) is 2. The lowest BCUT2D eigenvalue weighted by Crippen LogP contribution is -2.31. The molecular weight excluding hydrogens is 375 g/mol. The summed E-state index contributed by atoms with van der Waals surface area (Å²) in [5.41, 5.74) is 0.356. The van der Waals surface area contributed by atoms with Crippen LogP contribution in [0.4, 0.5) is 4.39 Å². The number of benzene rings is 1. The Morgan fingerprint density at radius 3 is 2.69 bits per heavy atom. The number of rotatable bonds is 7. The van der Waals surface area contributed by atoms with E-state index in [2.05, 4.69) is 4.98 Å². The standard InChI is InChI=1S/C22H23FN2O4/c1-3-4-7-12-25-19(16-8-5-6-11-24-16)18(21(27)22(25)28)20(26)15-13-14(23)9-10-17(15)29-2/h5-6,8-11,13,19,26H,3-4,7,12H2,1-2H3/b20-18+. The maximum atomic E-state index is 13.8. The van der Waals surface area contributed by atoms with Gasteiger partial charge in [0, 0.05) is 12.7 Å². The largest absolute Gasteiger partial charge is 0.507 e. The molecule has 1 atom stereocenters. The molecule has 1 aliphatic heterocycles. The zero-order valence-corrected chi connectivity index (χ0v) is 16.4. The molecule has 1 N–H and O–H groups in total. The Morgan fingerprint density at radius 2 is 2.03 bits per heavy atom. The van der Waals surface area contributed by atoms with Gasteiger partial charge < -0.3 is 14.7 Å². The molecule has 1 amide bonds. The van der Waals surface area contributed by atoms with Crippen LogP contribution in [0.1, 0.15) is 43.5 Å². The fraction of sp³-hybridized carbons (Fsp3) is 0.318. The highest BCUT2D eigenvalue weighted by atomic mass is 19.1. The van der Waals surface area contributed by atoms with Crippen molar-refractivity contribution in [3.8, 4) is 5.75 Å². The Morgan fingerprint density at radius 1 is 1.24 bits per heavy atom. The Labute approximate surface area is 168 Å². The first-order valence-electron chi connectivity index (χ1n) is 9.52. The first-order chi connectivity index (χ1) is 14.0. The molecule has 0 spiro atoms. The van der Waals surface area contributed by atoms with Crippen molar-refractivity contribution < 1.29 is 23.8 Å². The second-order valence-electron chi connectivity index (χ2n) is 6.80. The molecule has 1 saturated heterocycles. The summed E-state index contributed by atoms with van der Waals surface area (Å²) in [5.74, 6) is -2.40. The third-order valence-electron chi connectivity index (χ3n) is 4.93. The maximum Gasteiger partial charge on any atom is 0.295 e. The number of ether oxygens (including phenoxy) is 1. The molecule has 1 unspecified atom stereocenters. The summed E-state index contributed by atoms with van der Waals surface area (Å²) in [5, 5.41) is 11.0. The van der Waals surface area contributed by atoms with Gasteiger partial charge in [-0.05, 0) is 36.8 Å². The first-order valence-corrected chi connectivity index (χ1v) is 9.52. The van der Waals surface area contributed by atoms with Crippen LogP contribution in [0, 0.1) is 5.82 Å². The zero-order chi connectivity index (χ0) is 21.0.